The molecule has 0 fully saturated rings. The number of halogens is 1. The van der Waals surface area contributed by atoms with Gasteiger partial charge in [0.1, 0.15) is 5.75 Å². The van der Waals surface area contributed by atoms with Gasteiger partial charge in [-0.2, -0.15) is 0 Å². The second-order valence-electron chi connectivity index (χ2n) is 3.90. The highest BCUT2D eigenvalue weighted by molar-refractivity contribution is 9.10. The number of thioether (sulfide) groups is 1. The molecule has 0 unspecified atom stereocenters. The standard InChI is InChI=1S/C14H11BrO3S/c15-13-6-5-11(7-12(13)14(17)18)19-8-9-1-3-10(16)4-2-9/h1-7,16H,8H2,(H,17,18). The van der Waals surface area contributed by atoms with Gasteiger partial charge < -0.3 is 10.2 Å². The number of aromatic carboxylic acids is 1. The molecular formula is C14H11BrO3S. The molecule has 0 spiro atoms. The maximum Gasteiger partial charge on any atom is 0.336 e. The molecule has 0 amide bonds. The molecule has 0 radical (unpaired) electrons. The van der Waals surface area contributed by atoms with E-state index in [1.54, 1.807) is 36.0 Å². The Labute approximate surface area is 123 Å². The van der Waals surface area contributed by atoms with Crippen molar-refractivity contribution < 1.29 is 15.0 Å². The van der Waals surface area contributed by atoms with Gasteiger partial charge in [0.2, 0.25) is 0 Å². The Balaban J connectivity index is 2.09. The second kappa shape index (κ2) is 6.12. The highest BCUT2D eigenvalue weighted by atomic mass is 79.9. The Kier molecular flexibility index (Phi) is 4.50. The summed E-state index contributed by atoms with van der Waals surface area (Å²) in [4.78, 5) is 11.9. The number of carboxylic acid groups (broad SMARTS) is 1. The van der Waals surface area contributed by atoms with Crippen molar-refractivity contribution in [2.24, 2.45) is 0 Å². The molecule has 0 bridgehead atoms. The number of hydrogen-bond acceptors (Lipinski definition) is 3. The molecule has 0 saturated heterocycles. The van der Waals surface area contributed by atoms with E-state index >= 15 is 0 Å². The Morgan fingerprint density at radius 3 is 2.47 bits per heavy atom. The zero-order chi connectivity index (χ0) is 13.8. The summed E-state index contributed by atoms with van der Waals surface area (Å²) in [6.07, 6.45) is 0. The first-order valence-corrected chi connectivity index (χ1v) is 7.27. The van der Waals surface area contributed by atoms with Crippen molar-refractivity contribution in [3.8, 4) is 5.75 Å². The van der Waals surface area contributed by atoms with Gasteiger partial charge in [-0.25, -0.2) is 4.79 Å². The van der Waals surface area contributed by atoms with Crippen LogP contribution in [0, 0.1) is 0 Å². The minimum Gasteiger partial charge on any atom is -0.508 e. The van der Waals surface area contributed by atoms with Crippen LogP contribution in [0.25, 0.3) is 0 Å². The third kappa shape index (κ3) is 3.75. The fourth-order valence-corrected chi connectivity index (χ4v) is 2.82. The monoisotopic (exact) mass is 338 g/mol. The predicted molar refractivity (Wildman–Crippen MR) is 78.8 cm³/mol. The lowest BCUT2D eigenvalue weighted by Crippen LogP contribution is -1.97. The first-order valence-electron chi connectivity index (χ1n) is 5.50. The highest BCUT2D eigenvalue weighted by Crippen LogP contribution is 2.27. The van der Waals surface area contributed by atoms with E-state index in [1.165, 1.54) is 0 Å². The van der Waals surface area contributed by atoms with Crippen LogP contribution in [-0.4, -0.2) is 16.2 Å². The molecular weight excluding hydrogens is 328 g/mol. The number of phenolic OH excluding ortho intramolecular Hbond substituents is 1. The molecule has 98 valence electrons. The number of phenols is 1. The van der Waals surface area contributed by atoms with Gasteiger partial charge in [-0.05, 0) is 51.8 Å². The molecule has 0 aromatic heterocycles. The summed E-state index contributed by atoms with van der Waals surface area (Å²) in [6.45, 7) is 0. The summed E-state index contributed by atoms with van der Waals surface area (Å²) >= 11 is 4.77. The summed E-state index contributed by atoms with van der Waals surface area (Å²) in [6, 6.07) is 12.2. The molecule has 0 atom stereocenters. The molecule has 2 aromatic rings. The maximum absolute atomic E-state index is 11.0. The van der Waals surface area contributed by atoms with Crippen molar-refractivity contribution in [3.63, 3.8) is 0 Å². The summed E-state index contributed by atoms with van der Waals surface area (Å²) in [7, 11) is 0. The zero-order valence-corrected chi connectivity index (χ0v) is 12.2. The lowest BCUT2D eigenvalue weighted by Gasteiger charge is -2.05. The quantitative estimate of drug-likeness (QED) is 0.822. The van der Waals surface area contributed by atoms with E-state index in [9.17, 15) is 9.90 Å². The second-order valence-corrected chi connectivity index (χ2v) is 5.81. The summed E-state index contributed by atoms with van der Waals surface area (Å²) < 4.78 is 0.578. The maximum atomic E-state index is 11.0. The van der Waals surface area contributed by atoms with Gasteiger partial charge in [-0.15, -0.1) is 11.8 Å². The van der Waals surface area contributed by atoms with Crippen LogP contribution < -0.4 is 0 Å². The van der Waals surface area contributed by atoms with E-state index in [1.807, 2.05) is 18.2 Å². The third-order valence-corrected chi connectivity index (χ3v) is 4.27. The van der Waals surface area contributed by atoms with E-state index in [0.717, 1.165) is 16.2 Å². The van der Waals surface area contributed by atoms with E-state index in [2.05, 4.69) is 15.9 Å². The van der Waals surface area contributed by atoms with Crippen LogP contribution in [-0.2, 0) is 5.75 Å². The van der Waals surface area contributed by atoms with Crippen molar-refractivity contribution >= 4 is 33.7 Å². The first kappa shape index (κ1) is 14.0. The fraction of sp³-hybridized carbons (Fsp3) is 0.0714. The van der Waals surface area contributed by atoms with Gasteiger partial charge in [0.15, 0.2) is 0 Å². The number of carbonyl (C=O) groups is 1. The van der Waals surface area contributed by atoms with E-state index in [4.69, 9.17) is 5.11 Å². The van der Waals surface area contributed by atoms with Gasteiger partial charge in [0.05, 0.1) is 5.56 Å². The molecule has 0 aliphatic rings. The first-order chi connectivity index (χ1) is 9.06. The van der Waals surface area contributed by atoms with Crippen LogP contribution in [0.2, 0.25) is 0 Å². The van der Waals surface area contributed by atoms with Gasteiger partial charge in [-0.3, -0.25) is 0 Å². The molecule has 5 heteroatoms. The summed E-state index contributed by atoms with van der Waals surface area (Å²) in [5.74, 6) is 0.0190. The molecule has 0 heterocycles. The number of benzene rings is 2. The SMILES string of the molecule is O=C(O)c1cc(SCc2ccc(O)cc2)ccc1Br. The molecule has 2 N–H and O–H groups in total. The van der Waals surface area contributed by atoms with Gasteiger partial charge in [0, 0.05) is 15.1 Å². The Morgan fingerprint density at radius 2 is 1.84 bits per heavy atom. The molecule has 2 aromatic carbocycles. The van der Waals surface area contributed by atoms with Gasteiger partial charge in [-0.1, -0.05) is 12.1 Å². The fourth-order valence-electron chi connectivity index (χ4n) is 1.52. The lowest BCUT2D eigenvalue weighted by molar-refractivity contribution is 0.0695. The Hall–Kier alpha value is -1.46. The average Bonchev–Trinajstić information content (AvgIpc) is 2.39. The Bertz CT molecular complexity index is 596. The van der Waals surface area contributed by atoms with Crippen molar-refractivity contribution in [3.05, 3.63) is 58.1 Å². The number of rotatable bonds is 4. The van der Waals surface area contributed by atoms with Crippen molar-refractivity contribution in [1.82, 2.24) is 0 Å². The predicted octanol–water partition coefficient (Wildman–Crippen LogP) is 4.15. The van der Waals surface area contributed by atoms with Crippen LogP contribution in [0.15, 0.2) is 51.8 Å². The molecule has 3 nitrogen and oxygen atoms in total. The van der Waals surface area contributed by atoms with Crippen molar-refractivity contribution in [1.29, 1.82) is 0 Å². The smallest absolute Gasteiger partial charge is 0.336 e. The molecule has 0 saturated carbocycles. The van der Waals surface area contributed by atoms with Crippen LogP contribution >= 0.6 is 27.7 Å². The van der Waals surface area contributed by atoms with E-state index < -0.39 is 5.97 Å². The van der Waals surface area contributed by atoms with Crippen molar-refractivity contribution in [2.75, 3.05) is 0 Å². The third-order valence-electron chi connectivity index (χ3n) is 2.51. The van der Waals surface area contributed by atoms with Crippen LogP contribution in [0.3, 0.4) is 0 Å². The molecule has 0 aliphatic carbocycles. The van der Waals surface area contributed by atoms with E-state index in [-0.39, 0.29) is 11.3 Å². The normalized spacial score (nSPS) is 10.4. The van der Waals surface area contributed by atoms with Crippen LogP contribution in [0.1, 0.15) is 15.9 Å². The Morgan fingerprint density at radius 1 is 1.16 bits per heavy atom. The largest absolute Gasteiger partial charge is 0.508 e. The summed E-state index contributed by atoms with van der Waals surface area (Å²) in [5.41, 5.74) is 1.33. The van der Waals surface area contributed by atoms with Gasteiger partial charge in [0.25, 0.3) is 0 Å². The molecule has 0 aliphatic heterocycles. The highest BCUT2D eigenvalue weighted by Gasteiger charge is 2.09. The van der Waals surface area contributed by atoms with Gasteiger partial charge >= 0.3 is 5.97 Å². The van der Waals surface area contributed by atoms with Crippen molar-refractivity contribution in [2.45, 2.75) is 10.6 Å². The topological polar surface area (TPSA) is 57.5 Å². The van der Waals surface area contributed by atoms with E-state index in [0.29, 0.717) is 4.47 Å². The van der Waals surface area contributed by atoms with Crippen LogP contribution in [0.4, 0.5) is 0 Å². The van der Waals surface area contributed by atoms with Crippen LogP contribution in [0.5, 0.6) is 5.75 Å². The molecule has 19 heavy (non-hydrogen) atoms. The number of aromatic hydroxyl groups is 1. The molecule has 2 rings (SSSR count). The summed E-state index contributed by atoms with van der Waals surface area (Å²) in [5, 5.41) is 18.2. The number of hydrogen-bond donors (Lipinski definition) is 2. The lowest BCUT2D eigenvalue weighted by atomic mass is 10.2. The minimum atomic E-state index is -0.945. The average molecular weight is 339 g/mol. The minimum absolute atomic E-state index is 0.241. The number of carboxylic acids is 1. The zero-order valence-electron chi connectivity index (χ0n) is 9.84.